The Morgan fingerprint density at radius 2 is 1.71 bits per heavy atom. The maximum Gasteiger partial charge on any atom is 0.307 e. The number of nitrogens with zero attached hydrogens (tertiary/aromatic N) is 4. The molecular weight excluding hydrogens is 525 g/mol. The normalized spacial score (nSPS) is 17.7. The summed E-state index contributed by atoms with van der Waals surface area (Å²) < 4.78 is 13.9. The Bertz CT molecular complexity index is 1480. The number of hydrogen-bond acceptors (Lipinski definition) is 6. The van der Waals surface area contributed by atoms with E-state index in [0.717, 1.165) is 31.9 Å². The van der Waals surface area contributed by atoms with Gasteiger partial charge in [-0.3, -0.25) is 24.3 Å². The fourth-order valence-electron chi connectivity index (χ4n) is 5.11. The Kier molecular flexibility index (Phi) is 8.23. The molecule has 0 radical (unpaired) electrons. The van der Waals surface area contributed by atoms with Crippen molar-refractivity contribution in [3.05, 3.63) is 89.2 Å². The molecule has 0 aromatic heterocycles. The van der Waals surface area contributed by atoms with Crippen LogP contribution in [0.5, 0.6) is 0 Å². The van der Waals surface area contributed by atoms with Crippen LogP contribution >= 0.6 is 0 Å². The quantitative estimate of drug-likeness (QED) is 0.411. The number of aliphatic imine (C=N–C) groups is 1. The molecule has 2 aliphatic rings. The van der Waals surface area contributed by atoms with E-state index in [1.54, 1.807) is 54.4 Å². The minimum Gasteiger partial charge on any atom is -0.481 e. The number of carboxylic acid groups (broad SMARTS) is 1. The van der Waals surface area contributed by atoms with Crippen molar-refractivity contribution < 1.29 is 23.9 Å². The van der Waals surface area contributed by atoms with Crippen LogP contribution in [0.2, 0.25) is 0 Å². The average Bonchev–Trinajstić information content (AvgIpc) is 3.27. The van der Waals surface area contributed by atoms with Crippen LogP contribution in [0.25, 0.3) is 0 Å². The molecule has 0 spiro atoms. The standard InChI is InChI=1S/C31H32FN5O4/c1-35-13-15-37(16-14-35)19-27(38)36(2)24-10-8-23(9-11-24)33-30(21-5-3-20(4-6-21)17-28(39)40)29-25-12-7-22(32)18-26(25)34-31(29)41/h3-12,18,29H,13-17,19H2,1-2H3,(H,34,41)(H,39,40). The lowest BCUT2D eigenvalue weighted by molar-refractivity contribution is -0.136. The molecule has 212 valence electrons. The summed E-state index contributed by atoms with van der Waals surface area (Å²) in [6.07, 6.45) is -0.124. The van der Waals surface area contributed by atoms with Crippen LogP contribution in [0, 0.1) is 5.82 Å². The maximum absolute atomic E-state index is 13.9. The molecule has 5 rings (SSSR count). The zero-order valence-electron chi connectivity index (χ0n) is 23.0. The van der Waals surface area contributed by atoms with Crippen molar-refractivity contribution in [3.63, 3.8) is 0 Å². The Hall–Kier alpha value is -4.41. The summed E-state index contributed by atoms with van der Waals surface area (Å²) in [5.41, 5.74) is 4.00. The van der Waals surface area contributed by atoms with E-state index in [-0.39, 0.29) is 18.2 Å². The van der Waals surface area contributed by atoms with Crippen molar-refractivity contribution in [3.8, 4) is 0 Å². The highest BCUT2D eigenvalue weighted by atomic mass is 19.1. The number of carboxylic acids is 1. The van der Waals surface area contributed by atoms with E-state index in [4.69, 9.17) is 10.1 Å². The summed E-state index contributed by atoms with van der Waals surface area (Å²) in [4.78, 5) is 48.1. The molecule has 1 fully saturated rings. The summed E-state index contributed by atoms with van der Waals surface area (Å²) >= 11 is 0. The smallest absolute Gasteiger partial charge is 0.307 e. The van der Waals surface area contributed by atoms with Gasteiger partial charge in [-0.1, -0.05) is 30.3 Å². The van der Waals surface area contributed by atoms with Gasteiger partial charge in [0.2, 0.25) is 11.8 Å². The summed E-state index contributed by atoms with van der Waals surface area (Å²) in [6.45, 7) is 3.94. The minimum absolute atomic E-state index is 0.000546. The maximum atomic E-state index is 13.9. The molecule has 1 atom stereocenters. The molecule has 2 heterocycles. The van der Waals surface area contributed by atoms with E-state index in [2.05, 4.69) is 22.2 Å². The number of hydrogen-bond donors (Lipinski definition) is 2. The van der Waals surface area contributed by atoms with Crippen LogP contribution in [0.4, 0.5) is 21.5 Å². The SMILES string of the molecule is CN1CCN(CC(=O)N(C)c2ccc(N=C(c3ccc(CC(=O)O)cc3)C3C(=O)Nc4cc(F)ccc43)cc2)CC1. The largest absolute Gasteiger partial charge is 0.481 e. The van der Waals surface area contributed by atoms with E-state index < -0.39 is 17.7 Å². The number of amides is 2. The van der Waals surface area contributed by atoms with Crippen LogP contribution in [0.3, 0.4) is 0 Å². The second-order valence-corrected chi connectivity index (χ2v) is 10.5. The second kappa shape index (κ2) is 12.0. The van der Waals surface area contributed by atoms with Gasteiger partial charge in [0.1, 0.15) is 11.7 Å². The number of fused-ring (bicyclic) bond motifs is 1. The Labute approximate surface area is 237 Å². The molecule has 41 heavy (non-hydrogen) atoms. The summed E-state index contributed by atoms with van der Waals surface area (Å²) in [5, 5.41) is 11.9. The van der Waals surface area contributed by atoms with Gasteiger partial charge >= 0.3 is 5.97 Å². The lowest BCUT2D eigenvalue weighted by Gasteiger charge is -2.32. The first-order valence-electron chi connectivity index (χ1n) is 13.5. The second-order valence-electron chi connectivity index (χ2n) is 10.5. The molecule has 2 amide bonds. The first-order valence-corrected chi connectivity index (χ1v) is 13.5. The molecule has 3 aromatic carbocycles. The fraction of sp³-hybridized carbons (Fsp3) is 0.290. The van der Waals surface area contributed by atoms with Gasteiger partial charge in [0.25, 0.3) is 0 Å². The number of benzene rings is 3. The molecule has 10 heteroatoms. The predicted molar refractivity (Wildman–Crippen MR) is 156 cm³/mol. The van der Waals surface area contributed by atoms with E-state index >= 15 is 0 Å². The first-order chi connectivity index (χ1) is 19.7. The van der Waals surface area contributed by atoms with E-state index in [0.29, 0.717) is 40.3 Å². The molecule has 2 aliphatic heterocycles. The number of halogens is 1. The fourth-order valence-corrected chi connectivity index (χ4v) is 5.11. The number of aliphatic carboxylic acids is 1. The topological polar surface area (TPSA) is 106 Å². The lowest BCUT2D eigenvalue weighted by atomic mass is 9.90. The molecule has 3 aromatic rings. The number of anilines is 2. The van der Waals surface area contributed by atoms with E-state index in [1.807, 2.05) is 12.1 Å². The van der Waals surface area contributed by atoms with E-state index in [9.17, 15) is 18.8 Å². The number of carbonyl (C=O) groups excluding carboxylic acids is 2. The average molecular weight is 558 g/mol. The summed E-state index contributed by atoms with van der Waals surface area (Å²) in [5.74, 6) is -2.51. The van der Waals surface area contributed by atoms with Gasteiger partial charge in [-0.05, 0) is 60.1 Å². The molecular formula is C31H32FN5O4. The van der Waals surface area contributed by atoms with E-state index in [1.165, 1.54) is 12.1 Å². The lowest BCUT2D eigenvalue weighted by Crippen LogP contribution is -2.48. The van der Waals surface area contributed by atoms with Gasteiger partial charge in [-0.15, -0.1) is 0 Å². The van der Waals surface area contributed by atoms with Crippen LogP contribution < -0.4 is 10.2 Å². The summed E-state index contributed by atoms with van der Waals surface area (Å²) in [7, 11) is 3.83. The van der Waals surface area contributed by atoms with Gasteiger partial charge in [0.05, 0.1) is 24.4 Å². The van der Waals surface area contributed by atoms with Crippen molar-refractivity contribution in [2.24, 2.45) is 4.99 Å². The molecule has 9 nitrogen and oxygen atoms in total. The minimum atomic E-state index is -0.940. The van der Waals surface area contributed by atoms with Crippen molar-refractivity contribution in [1.82, 2.24) is 9.80 Å². The van der Waals surface area contributed by atoms with Crippen LogP contribution in [-0.4, -0.2) is 85.2 Å². The Morgan fingerprint density at radius 3 is 2.37 bits per heavy atom. The number of piperazine rings is 1. The molecule has 0 bridgehead atoms. The zero-order valence-corrected chi connectivity index (χ0v) is 23.0. The number of rotatable bonds is 8. The highest BCUT2D eigenvalue weighted by Crippen LogP contribution is 2.37. The number of nitrogens with one attached hydrogen (secondary N) is 1. The predicted octanol–water partition coefficient (Wildman–Crippen LogP) is 3.52. The van der Waals surface area contributed by atoms with Crippen molar-refractivity contribution in [1.29, 1.82) is 0 Å². The van der Waals surface area contributed by atoms with Crippen LogP contribution in [0.15, 0.2) is 71.7 Å². The monoisotopic (exact) mass is 557 g/mol. The van der Waals surface area contributed by atoms with Crippen LogP contribution in [-0.2, 0) is 20.8 Å². The molecule has 1 unspecified atom stereocenters. The van der Waals surface area contributed by atoms with Crippen molar-refractivity contribution in [2.45, 2.75) is 12.3 Å². The third kappa shape index (κ3) is 6.50. The summed E-state index contributed by atoms with van der Waals surface area (Å²) in [6, 6.07) is 18.2. The van der Waals surface area contributed by atoms with Gasteiger partial charge in [-0.2, -0.15) is 0 Å². The highest BCUT2D eigenvalue weighted by molar-refractivity contribution is 6.24. The number of carbonyl (C=O) groups is 3. The Morgan fingerprint density at radius 1 is 1.02 bits per heavy atom. The highest BCUT2D eigenvalue weighted by Gasteiger charge is 2.35. The number of likely N-dealkylation sites (N-methyl/N-ethyl adjacent to an activating group) is 2. The van der Waals surface area contributed by atoms with Crippen molar-refractivity contribution in [2.75, 3.05) is 57.0 Å². The molecule has 0 aliphatic carbocycles. The van der Waals surface area contributed by atoms with Crippen molar-refractivity contribution >= 4 is 40.6 Å². The van der Waals surface area contributed by atoms with Gasteiger partial charge in [0, 0.05) is 44.6 Å². The molecule has 0 saturated carbocycles. The van der Waals surface area contributed by atoms with Gasteiger partial charge < -0.3 is 20.2 Å². The van der Waals surface area contributed by atoms with Gasteiger partial charge in [0.15, 0.2) is 0 Å². The molecule has 1 saturated heterocycles. The third-order valence-corrected chi connectivity index (χ3v) is 7.54. The first kappa shape index (κ1) is 28.1. The van der Waals surface area contributed by atoms with Crippen LogP contribution in [0.1, 0.15) is 22.6 Å². The van der Waals surface area contributed by atoms with Gasteiger partial charge in [-0.25, -0.2) is 4.39 Å². The Balaban J connectivity index is 1.42. The molecule has 2 N–H and O–H groups in total. The third-order valence-electron chi connectivity index (χ3n) is 7.54. The zero-order chi connectivity index (χ0) is 29.1.